The van der Waals surface area contributed by atoms with E-state index in [9.17, 15) is 19.7 Å². The van der Waals surface area contributed by atoms with Crippen molar-refractivity contribution in [2.75, 3.05) is 19.0 Å². The average Bonchev–Trinajstić information content (AvgIpc) is 2.50. The lowest BCUT2D eigenvalue weighted by Crippen LogP contribution is -2.12. The van der Waals surface area contributed by atoms with Gasteiger partial charge < -0.3 is 15.8 Å². The van der Waals surface area contributed by atoms with Gasteiger partial charge in [-0.2, -0.15) is 0 Å². The highest BCUT2D eigenvalue weighted by Gasteiger charge is 2.16. The summed E-state index contributed by atoms with van der Waals surface area (Å²) in [6.45, 7) is 0.526. The van der Waals surface area contributed by atoms with Gasteiger partial charge in [-0.3, -0.25) is 19.7 Å². The number of ether oxygens (including phenoxy) is 1. The standard InChI is InChI=1S/C14H19N3O5/c1-22-13(18)5-3-2-4-8-16-11-7-6-10(14(15)19)9-12(11)17(20)21/h6-7,9,16H,2-5,8H2,1H3,(H2,15,19). The Bertz CT molecular complexity index is 559. The first-order valence-electron chi connectivity index (χ1n) is 6.84. The molecule has 1 amide bonds. The van der Waals surface area contributed by atoms with Crippen molar-refractivity contribution in [1.29, 1.82) is 0 Å². The first kappa shape index (κ1) is 17.4. The number of amides is 1. The minimum atomic E-state index is -0.711. The van der Waals surface area contributed by atoms with E-state index in [1.54, 1.807) is 0 Å². The SMILES string of the molecule is COC(=O)CCCCCNc1ccc(C(N)=O)cc1[N+](=O)[O-]. The van der Waals surface area contributed by atoms with E-state index in [0.29, 0.717) is 25.1 Å². The van der Waals surface area contributed by atoms with Gasteiger partial charge in [-0.1, -0.05) is 6.42 Å². The minimum absolute atomic E-state index is 0.0929. The molecule has 0 fully saturated rings. The number of benzene rings is 1. The zero-order chi connectivity index (χ0) is 16.5. The van der Waals surface area contributed by atoms with Crippen LogP contribution in [-0.4, -0.2) is 30.5 Å². The quantitative estimate of drug-likeness (QED) is 0.310. The molecule has 0 radical (unpaired) electrons. The molecule has 1 aromatic carbocycles. The Morgan fingerprint density at radius 1 is 1.32 bits per heavy atom. The molecule has 120 valence electrons. The van der Waals surface area contributed by atoms with Crippen LogP contribution >= 0.6 is 0 Å². The third kappa shape index (κ3) is 5.39. The Morgan fingerprint density at radius 3 is 2.64 bits per heavy atom. The van der Waals surface area contributed by atoms with Crippen LogP contribution in [0.2, 0.25) is 0 Å². The lowest BCUT2D eigenvalue weighted by molar-refractivity contribution is -0.384. The number of methoxy groups -OCH3 is 1. The molecule has 0 aliphatic heterocycles. The van der Waals surface area contributed by atoms with Crippen LogP contribution in [0.15, 0.2) is 18.2 Å². The number of hydrogen-bond acceptors (Lipinski definition) is 6. The molecule has 8 heteroatoms. The predicted octanol–water partition coefficient (Wildman–Crippen LogP) is 1.84. The van der Waals surface area contributed by atoms with Gasteiger partial charge in [0.25, 0.3) is 5.69 Å². The number of carbonyl (C=O) groups excluding carboxylic acids is 2. The Labute approximate surface area is 127 Å². The van der Waals surface area contributed by atoms with Gasteiger partial charge in [0.05, 0.1) is 12.0 Å². The van der Waals surface area contributed by atoms with E-state index in [1.165, 1.54) is 19.2 Å². The number of carbonyl (C=O) groups is 2. The molecule has 22 heavy (non-hydrogen) atoms. The van der Waals surface area contributed by atoms with Crippen LogP contribution in [0.5, 0.6) is 0 Å². The summed E-state index contributed by atoms with van der Waals surface area (Å²) in [7, 11) is 1.35. The normalized spacial score (nSPS) is 10.0. The van der Waals surface area contributed by atoms with E-state index in [1.807, 2.05) is 0 Å². The number of nitro benzene ring substituents is 1. The summed E-state index contributed by atoms with van der Waals surface area (Å²) < 4.78 is 4.53. The van der Waals surface area contributed by atoms with Gasteiger partial charge in [0.1, 0.15) is 5.69 Å². The van der Waals surface area contributed by atoms with Crippen LogP contribution in [0.1, 0.15) is 36.0 Å². The van der Waals surface area contributed by atoms with Crippen LogP contribution < -0.4 is 11.1 Å². The zero-order valence-corrected chi connectivity index (χ0v) is 12.3. The highest BCUT2D eigenvalue weighted by atomic mass is 16.6. The molecular weight excluding hydrogens is 290 g/mol. The fraction of sp³-hybridized carbons (Fsp3) is 0.429. The van der Waals surface area contributed by atoms with Crippen LogP contribution in [0.25, 0.3) is 0 Å². The number of nitro groups is 1. The molecule has 0 spiro atoms. The smallest absolute Gasteiger partial charge is 0.305 e. The van der Waals surface area contributed by atoms with Gasteiger partial charge >= 0.3 is 5.97 Å². The first-order valence-corrected chi connectivity index (χ1v) is 6.84. The van der Waals surface area contributed by atoms with Crippen molar-refractivity contribution in [3.8, 4) is 0 Å². The third-order valence-corrected chi connectivity index (χ3v) is 3.08. The lowest BCUT2D eigenvalue weighted by atomic mass is 10.1. The number of nitrogens with zero attached hydrogens (tertiary/aromatic N) is 1. The summed E-state index contributed by atoms with van der Waals surface area (Å²) in [6, 6.07) is 4.06. The van der Waals surface area contributed by atoms with E-state index in [2.05, 4.69) is 10.1 Å². The fourth-order valence-corrected chi connectivity index (χ4v) is 1.88. The monoisotopic (exact) mass is 309 g/mol. The summed E-state index contributed by atoms with van der Waals surface area (Å²) in [5, 5.41) is 14.0. The molecule has 0 aliphatic rings. The number of unbranched alkanes of at least 4 members (excludes halogenated alkanes) is 2. The van der Waals surface area contributed by atoms with Crippen LogP contribution in [0.4, 0.5) is 11.4 Å². The van der Waals surface area contributed by atoms with Crippen molar-refractivity contribution in [2.45, 2.75) is 25.7 Å². The average molecular weight is 309 g/mol. The number of anilines is 1. The largest absolute Gasteiger partial charge is 0.469 e. The first-order chi connectivity index (χ1) is 10.5. The Morgan fingerprint density at radius 2 is 2.05 bits per heavy atom. The fourth-order valence-electron chi connectivity index (χ4n) is 1.88. The lowest BCUT2D eigenvalue weighted by Gasteiger charge is -2.08. The van der Waals surface area contributed by atoms with Crippen molar-refractivity contribution < 1.29 is 19.2 Å². The highest BCUT2D eigenvalue weighted by molar-refractivity contribution is 5.94. The van der Waals surface area contributed by atoms with E-state index in [4.69, 9.17) is 5.73 Å². The molecule has 0 unspecified atom stereocenters. The highest BCUT2D eigenvalue weighted by Crippen LogP contribution is 2.25. The molecule has 0 bridgehead atoms. The number of hydrogen-bond donors (Lipinski definition) is 2. The summed E-state index contributed by atoms with van der Waals surface area (Å²) in [5.41, 5.74) is 5.34. The van der Waals surface area contributed by atoms with E-state index < -0.39 is 10.8 Å². The van der Waals surface area contributed by atoms with Gasteiger partial charge in [0.2, 0.25) is 5.91 Å². The summed E-state index contributed by atoms with van der Waals surface area (Å²) in [4.78, 5) is 32.4. The van der Waals surface area contributed by atoms with Gasteiger partial charge in [-0.15, -0.1) is 0 Å². The molecule has 0 aliphatic carbocycles. The Hall–Kier alpha value is -2.64. The van der Waals surface area contributed by atoms with Crippen molar-refractivity contribution in [3.05, 3.63) is 33.9 Å². The molecule has 1 aromatic rings. The Kier molecular flexibility index (Phi) is 6.81. The van der Waals surface area contributed by atoms with Gasteiger partial charge in [0, 0.05) is 24.6 Å². The second-order valence-electron chi connectivity index (χ2n) is 4.67. The van der Waals surface area contributed by atoms with Crippen LogP contribution in [-0.2, 0) is 9.53 Å². The molecule has 0 aromatic heterocycles. The molecule has 1 rings (SSSR count). The molecular formula is C14H19N3O5. The van der Waals surface area contributed by atoms with Gasteiger partial charge in [0.15, 0.2) is 0 Å². The van der Waals surface area contributed by atoms with E-state index in [-0.39, 0.29) is 17.2 Å². The van der Waals surface area contributed by atoms with Crippen molar-refractivity contribution in [1.82, 2.24) is 0 Å². The van der Waals surface area contributed by atoms with Gasteiger partial charge in [-0.05, 0) is 25.0 Å². The number of nitrogens with one attached hydrogen (secondary N) is 1. The zero-order valence-electron chi connectivity index (χ0n) is 12.3. The Balaban J connectivity index is 2.50. The molecule has 0 atom stereocenters. The number of primary amides is 1. The van der Waals surface area contributed by atoms with Crippen molar-refractivity contribution in [2.24, 2.45) is 5.73 Å². The summed E-state index contributed by atoms with van der Waals surface area (Å²) in [6.07, 6.45) is 2.63. The molecule has 0 saturated heterocycles. The van der Waals surface area contributed by atoms with Crippen LogP contribution in [0.3, 0.4) is 0 Å². The second-order valence-corrected chi connectivity index (χ2v) is 4.67. The maximum Gasteiger partial charge on any atom is 0.305 e. The topological polar surface area (TPSA) is 125 Å². The number of esters is 1. The van der Waals surface area contributed by atoms with E-state index >= 15 is 0 Å². The van der Waals surface area contributed by atoms with E-state index in [0.717, 1.165) is 18.9 Å². The summed E-state index contributed by atoms with van der Waals surface area (Å²) >= 11 is 0. The molecule has 8 nitrogen and oxygen atoms in total. The minimum Gasteiger partial charge on any atom is -0.469 e. The predicted molar refractivity (Wildman–Crippen MR) is 80.6 cm³/mol. The maximum atomic E-state index is 11.0. The second kappa shape index (κ2) is 8.60. The van der Waals surface area contributed by atoms with Gasteiger partial charge in [-0.25, -0.2) is 0 Å². The molecule has 0 saturated carbocycles. The summed E-state index contributed by atoms with van der Waals surface area (Å²) in [5.74, 6) is -0.955. The van der Waals surface area contributed by atoms with Crippen molar-refractivity contribution in [3.63, 3.8) is 0 Å². The van der Waals surface area contributed by atoms with Crippen molar-refractivity contribution >= 4 is 23.3 Å². The van der Waals surface area contributed by atoms with Crippen LogP contribution in [0, 0.1) is 10.1 Å². The number of rotatable bonds is 9. The maximum absolute atomic E-state index is 11.0. The third-order valence-electron chi connectivity index (χ3n) is 3.08. The molecule has 3 N–H and O–H groups in total. The number of nitrogens with two attached hydrogens (primary N) is 1. The molecule has 0 heterocycles.